The molecule has 1 aromatic rings. The van der Waals surface area contributed by atoms with Crippen molar-refractivity contribution < 1.29 is 22.7 Å². The first kappa shape index (κ1) is 14.8. The number of hydrogen-bond acceptors (Lipinski definition) is 3. The lowest BCUT2D eigenvalue weighted by molar-refractivity contribution is -0.177. The van der Waals surface area contributed by atoms with E-state index < -0.39 is 24.1 Å². The molecular weight excluding hydrogens is 271 g/mol. The number of nitrogens with one attached hydrogen (secondary N) is 1. The van der Waals surface area contributed by atoms with Crippen molar-refractivity contribution in [2.24, 2.45) is 5.92 Å². The largest absolute Gasteiger partial charge is 0.462 e. The standard InChI is InChI=1S/C14H16F3NO2/c1-9(14(15,16)17)7-11-13(19)20-8-12(18-11)10-5-3-2-4-6-10/h2-6,9,11-12,18H,7-8H2,1H3/t9-,11-,12-/m1/s1. The van der Waals surface area contributed by atoms with E-state index in [0.29, 0.717) is 0 Å². The summed E-state index contributed by atoms with van der Waals surface area (Å²) in [4.78, 5) is 11.6. The lowest BCUT2D eigenvalue weighted by atomic mass is 9.98. The molecule has 2 rings (SSSR count). The molecule has 6 heteroatoms. The number of ether oxygens (including phenoxy) is 1. The first-order valence-corrected chi connectivity index (χ1v) is 6.42. The maximum Gasteiger partial charge on any atom is 0.391 e. The van der Waals surface area contributed by atoms with Gasteiger partial charge in [0, 0.05) is 0 Å². The number of benzene rings is 1. The van der Waals surface area contributed by atoms with Gasteiger partial charge in [0.25, 0.3) is 0 Å². The summed E-state index contributed by atoms with van der Waals surface area (Å²) in [5.41, 5.74) is 0.893. The highest BCUT2D eigenvalue weighted by molar-refractivity contribution is 5.76. The van der Waals surface area contributed by atoms with Crippen molar-refractivity contribution in [2.75, 3.05) is 6.61 Å². The maximum atomic E-state index is 12.6. The molecule has 110 valence electrons. The van der Waals surface area contributed by atoms with Crippen molar-refractivity contribution in [3.05, 3.63) is 35.9 Å². The number of carbonyl (C=O) groups is 1. The highest BCUT2D eigenvalue weighted by Gasteiger charge is 2.40. The van der Waals surface area contributed by atoms with Gasteiger partial charge in [-0.25, -0.2) is 0 Å². The second kappa shape index (κ2) is 5.83. The number of alkyl halides is 3. The molecule has 1 fully saturated rings. The quantitative estimate of drug-likeness (QED) is 0.869. The van der Waals surface area contributed by atoms with Crippen molar-refractivity contribution in [3.63, 3.8) is 0 Å². The van der Waals surface area contributed by atoms with Crippen LogP contribution >= 0.6 is 0 Å². The van der Waals surface area contributed by atoms with Crippen LogP contribution in [0.1, 0.15) is 24.9 Å². The van der Waals surface area contributed by atoms with E-state index in [4.69, 9.17) is 4.74 Å². The molecule has 0 unspecified atom stereocenters. The summed E-state index contributed by atoms with van der Waals surface area (Å²) < 4.78 is 42.7. The average molecular weight is 287 g/mol. The zero-order valence-corrected chi connectivity index (χ0v) is 11.0. The average Bonchev–Trinajstić information content (AvgIpc) is 2.41. The van der Waals surface area contributed by atoms with Crippen molar-refractivity contribution >= 4 is 5.97 Å². The molecule has 0 aromatic heterocycles. The third-order valence-corrected chi connectivity index (χ3v) is 3.43. The number of rotatable bonds is 3. The number of esters is 1. The molecule has 1 heterocycles. The Kier molecular flexibility index (Phi) is 4.32. The zero-order chi connectivity index (χ0) is 14.8. The maximum absolute atomic E-state index is 12.6. The van der Waals surface area contributed by atoms with Gasteiger partial charge in [0.2, 0.25) is 0 Å². The van der Waals surface area contributed by atoms with Crippen LogP contribution in [0.4, 0.5) is 13.2 Å². The summed E-state index contributed by atoms with van der Waals surface area (Å²) in [5, 5.41) is 2.95. The van der Waals surface area contributed by atoms with Gasteiger partial charge in [-0.1, -0.05) is 37.3 Å². The van der Waals surface area contributed by atoms with Gasteiger partial charge in [-0.3, -0.25) is 10.1 Å². The SMILES string of the molecule is C[C@H](C[C@H]1N[C@@H](c2ccccc2)COC1=O)C(F)(F)F. The van der Waals surface area contributed by atoms with E-state index in [9.17, 15) is 18.0 Å². The Morgan fingerprint density at radius 3 is 2.60 bits per heavy atom. The minimum Gasteiger partial charge on any atom is -0.462 e. The van der Waals surface area contributed by atoms with Gasteiger partial charge in [-0.2, -0.15) is 13.2 Å². The number of carbonyl (C=O) groups excluding carboxylic acids is 1. The molecule has 0 aliphatic carbocycles. The normalized spacial score (nSPS) is 25.1. The van der Waals surface area contributed by atoms with E-state index >= 15 is 0 Å². The monoisotopic (exact) mass is 287 g/mol. The Morgan fingerprint density at radius 2 is 2.00 bits per heavy atom. The summed E-state index contributed by atoms with van der Waals surface area (Å²) in [6.45, 7) is 1.21. The zero-order valence-electron chi connectivity index (χ0n) is 11.0. The third kappa shape index (κ3) is 3.50. The van der Waals surface area contributed by atoms with E-state index in [1.165, 1.54) is 0 Å². The van der Waals surface area contributed by atoms with Gasteiger partial charge < -0.3 is 4.74 Å². The molecule has 3 atom stereocenters. The van der Waals surface area contributed by atoms with Crippen LogP contribution in [-0.2, 0) is 9.53 Å². The van der Waals surface area contributed by atoms with Gasteiger partial charge in [-0.15, -0.1) is 0 Å². The number of cyclic esters (lactones) is 1. The first-order chi connectivity index (χ1) is 9.38. The van der Waals surface area contributed by atoms with Crippen LogP contribution in [0.5, 0.6) is 0 Å². The van der Waals surface area contributed by atoms with Crippen LogP contribution in [0, 0.1) is 5.92 Å². The fourth-order valence-corrected chi connectivity index (χ4v) is 2.15. The molecule has 1 aliphatic rings. The summed E-state index contributed by atoms with van der Waals surface area (Å²) in [5.74, 6) is -2.17. The number of halogens is 3. The fraction of sp³-hybridized carbons (Fsp3) is 0.500. The van der Waals surface area contributed by atoms with Crippen molar-refractivity contribution in [3.8, 4) is 0 Å². The van der Waals surface area contributed by atoms with Crippen LogP contribution in [0.2, 0.25) is 0 Å². The van der Waals surface area contributed by atoms with E-state index in [1.807, 2.05) is 30.3 Å². The highest BCUT2D eigenvalue weighted by atomic mass is 19.4. The van der Waals surface area contributed by atoms with Crippen LogP contribution < -0.4 is 5.32 Å². The van der Waals surface area contributed by atoms with E-state index in [2.05, 4.69) is 5.32 Å². The Bertz CT molecular complexity index is 461. The van der Waals surface area contributed by atoms with E-state index in [1.54, 1.807) is 0 Å². The number of hydrogen-bond donors (Lipinski definition) is 1. The second-order valence-corrected chi connectivity index (χ2v) is 4.99. The highest BCUT2D eigenvalue weighted by Crippen LogP contribution is 2.31. The van der Waals surface area contributed by atoms with Crippen molar-refractivity contribution in [2.45, 2.75) is 31.6 Å². The summed E-state index contributed by atoms with van der Waals surface area (Å²) in [6, 6.07) is 8.02. The minimum absolute atomic E-state index is 0.139. The predicted octanol–water partition coefficient (Wildman–Crippen LogP) is 2.83. The second-order valence-electron chi connectivity index (χ2n) is 4.99. The molecule has 20 heavy (non-hydrogen) atoms. The summed E-state index contributed by atoms with van der Waals surface area (Å²) >= 11 is 0. The third-order valence-electron chi connectivity index (χ3n) is 3.43. The molecule has 0 amide bonds. The van der Waals surface area contributed by atoms with Gasteiger partial charge >= 0.3 is 12.1 Å². The first-order valence-electron chi connectivity index (χ1n) is 6.42. The summed E-state index contributed by atoms with van der Waals surface area (Å²) in [7, 11) is 0. The molecule has 3 nitrogen and oxygen atoms in total. The predicted molar refractivity (Wildman–Crippen MR) is 66.9 cm³/mol. The minimum atomic E-state index is -4.30. The topological polar surface area (TPSA) is 38.3 Å². The Hall–Kier alpha value is -1.56. The van der Waals surface area contributed by atoms with Gasteiger partial charge in [0.15, 0.2) is 0 Å². The lowest BCUT2D eigenvalue weighted by Gasteiger charge is -2.32. The van der Waals surface area contributed by atoms with E-state index in [0.717, 1.165) is 12.5 Å². The van der Waals surface area contributed by atoms with E-state index in [-0.39, 0.29) is 19.1 Å². The summed E-state index contributed by atoms with van der Waals surface area (Å²) in [6.07, 6.45) is -4.62. The molecule has 1 saturated heterocycles. The fourth-order valence-electron chi connectivity index (χ4n) is 2.15. The molecule has 0 bridgehead atoms. The molecule has 1 aliphatic heterocycles. The molecule has 1 N–H and O–H groups in total. The number of morpholine rings is 1. The molecule has 1 aromatic carbocycles. The Balaban J connectivity index is 2.04. The molecule has 0 radical (unpaired) electrons. The van der Waals surface area contributed by atoms with Crippen LogP contribution in [-0.4, -0.2) is 24.8 Å². The van der Waals surface area contributed by atoms with Crippen LogP contribution in [0.3, 0.4) is 0 Å². The van der Waals surface area contributed by atoms with Crippen LogP contribution in [0.15, 0.2) is 30.3 Å². The van der Waals surface area contributed by atoms with Gasteiger partial charge in [0.05, 0.1) is 12.0 Å². The Morgan fingerprint density at radius 1 is 1.35 bits per heavy atom. The Labute approximate surface area is 115 Å². The molecular formula is C14H16F3NO2. The van der Waals surface area contributed by atoms with Crippen molar-refractivity contribution in [1.29, 1.82) is 0 Å². The van der Waals surface area contributed by atoms with Crippen molar-refractivity contribution in [1.82, 2.24) is 5.32 Å². The molecule has 0 saturated carbocycles. The van der Waals surface area contributed by atoms with Gasteiger partial charge in [-0.05, 0) is 12.0 Å². The lowest BCUT2D eigenvalue weighted by Crippen LogP contribution is -2.49. The smallest absolute Gasteiger partial charge is 0.391 e. The molecule has 0 spiro atoms. The van der Waals surface area contributed by atoms with Crippen LogP contribution in [0.25, 0.3) is 0 Å². The van der Waals surface area contributed by atoms with Gasteiger partial charge in [0.1, 0.15) is 12.6 Å².